The fourth-order valence-electron chi connectivity index (χ4n) is 3.93. The van der Waals surface area contributed by atoms with E-state index in [1.165, 1.54) is 34.5 Å². The lowest BCUT2D eigenvalue weighted by atomic mass is 10.0. The maximum Gasteiger partial charge on any atom is 0.407 e. The van der Waals surface area contributed by atoms with Gasteiger partial charge in [0.05, 0.1) is 23.1 Å². The van der Waals surface area contributed by atoms with E-state index < -0.39 is 28.2 Å². The number of benzene rings is 3. The van der Waals surface area contributed by atoms with Crippen molar-refractivity contribution in [3.63, 3.8) is 0 Å². The monoisotopic (exact) mass is 455 g/mol. The molecule has 0 radical (unpaired) electrons. The summed E-state index contributed by atoms with van der Waals surface area (Å²) >= 11 is 0. The summed E-state index contributed by atoms with van der Waals surface area (Å²) in [5.41, 5.74) is 1.46. The lowest BCUT2D eigenvalue weighted by Gasteiger charge is -2.29. The SMILES string of the molecule is CN(C(=O)O)C(CCN1c2ccccc2N(c2ccccc2F)S1(=O)=O)c1ccccc1. The molecule has 1 unspecified atom stereocenters. The number of rotatable bonds is 6. The van der Waals surface area contributed by atoms with Crippen LogP contribution in [0.4, 0.5) is 26.2 Å². The number of para-hydroxylation sites is 3. The lowest BCUT2D eigenvalue weighted by molar-refractivity contribution is 0.136. The van der Waals surface area contributed by atoms with Crippen LogP contribution in [0.5, 0.6) is 0 Å². The molecule has 0 aromatic heterocycles. The van der Waals surface area contributed by atoms with Crippen LogP contribution in [0.15, 0.2) is 78.9 Å². The van der Waals surface area contributed by atoms with Crippen molar-refractivity contribution in [2.75, 3.05) is 22.2 Å². The number of carboxylic acid groups (broad SMARTS) is 1. The van der Waals surface area contributed by atoms with E-state index in [2.05, 4.69) is 0 Å². The van der Waals surface area contributed by atoms with Crippen LogP contribution in [0.3, 0.4) is 0 Å². The number of fused-ring (bicyclic) bond motifs is 1. The van der Waals surface area contributed by atoms with Gasteiger partial charge in [-0.15, -0.1) is 0 Å². The minimum Gasteiger partial charge on any atom is -0.465 e. The number of halogens is 1. The van der Waals surface area contributed by atoms with Gasteiger partial charge in [-0.2, -0.15) is 8.42 Å². The molecule has 1 aliphatic rings. The van der Waals surface area contributed by atoms with Gasteiger partial charge in [-0.1, -0.05) is 54.6 Å². The number of anilines is 3. The first-order valence-corrected chi connectivity index (χ1v) is 11.4. The molecule has 1 atom stereocenters. The molecular weight excluding hydrogens is 433 g/mol. The first-order valence-electron chi connectivity index (χ1n) is 9.99. The molecule has 7 nitrogen and oxygen atoms in total. The molecule has 0 spiro atoms. The molecule has 0 bridgehead atoms. The molecule has 4 rings (SSSR count). The molecule has 9 heteroatoms. The molecular formula is C23H22FN3O4S. The van der Waals surface area contributed by atoms with Crippen molar-refractivity contribution in [2.45, 2.75) is 12.5 Å². The van der Waals surface area contributed by atoms with Gasteiger partial charge in [0.2, 0.25) is 0 Å². The summed E-state index contributed by atoms with van der Waals surface area (Å²) in [5, 5.41) is 9.53. The second-order valence-corrected chi connectivity index (χ2v) is 9.09. The van der Waals surface area contributed by atoms with Crippen molar-refractivity contribution >= 4 is 33.4 Å². The van der Waals surface area contributed by atoms with E-state index in [1.54, 1.807) is 42.5 Å². The molecule has 0 fully saturated rings. The van der Waals surface area contributed by atoms with E-state index in [4.69, 9.17) is 0 Å². The maximum atomic E-state index is 14.5. The standard InChI is InChI=1S/C23H22FN3O4S/c1-25(23(28)29)19(17-9-3-2-4-10-17)15-16-26-21-13-7-8-14-22(21)27(32(26,30)31)20-12-6-5-11-18(20)24/h2-14,19H,15-16H2,1H3,(H,28,29). The van der Waals surface area contributed by atoms with Gasteiger partial charge in [-0.25, -0.2) is 13.5 Å². The largest absolute Gasteiger partial charge is 0.465 e. The van der Waals surface area contributed by atoms with E-state index >= 15 is 0 Å². The van der Waals surface area contributed by atoms with Gasteiger partial charge < -0.3 is 10.0 Å². The molecule has 3 aromatic carbocycles. The second-order valence-electron chi connectivity index (χ2n) is 7.39. The Morgan fingerprint density at radius 3 is 2.12 bits per heavy atom. The third-order valence-electron chi connectivity index (χ3n) is 5.51. The highest BCUT2D eigenvalue weighted by Gasteiger charge is 2.42. The van der Waals surface area contributed by atoms with Gasteiger partial charge >= 0.3 is 16.3 Å². The molecule has 0 saturated heterocycles. The first kappa shape index (κ1) is 21.6. The Labute approximate surface area is 186 Å². The van der Waals surface area contributed by atoms with Gasteiger partial charge in [0, 0.05) is 13.6 Å². The van der Waals surface area contributed by atoms with E-state index in [0.29, 0.717) is 11.4 Å². The first-order chi connectivity index (χ1) is 15.3. The minimum absolute atomic E-state index is 0.0154. The predicted octanol–water partition coefficient (Wildman–Crippen LogP) is 4.77. The Balaban J connectivity index is 1.71. The van der Waals surface area contributed by atoms with Crippen molar-refractivity contribution in [1.29, 1.82) is 0 Å². The number of carbonyl (C=O) groups is 1. The van der Waals surface area contributed by atoms with Crippen LogP contribution in [0, 0.1) is 5.82 Å². The van der Waals surface area contributed by atoms with Crippen LogP contribution in [-0.2, 0) is 10.2 Å². The Morgan fingerprint density at radius 2 is 1.50 bits per heavy atom. The fourth-order valence-corrected chi connectivity index (χ4v) is 5.67. The Hall–Kier alpha value is -3.59. The van der Waals surface area contributed by atoms with Gasteiger partial charge in [0.1, 0.15) is 5.82 Å². The number of hydrogen-bond donors (Lipinski definition) is 1. The summed E-state index contributed by atoms with van der Waals surface area (Å²) in [6.07, 6.45) is -0.901. The van der Waals surface area contributed by atoms with E-state index in [9.17, 15) is 22.7 Å². The molecule has 1 heterocycles. The highest BCUT2D eigenvalue weighted by molar-refractivity contribution is 7.95. The minimum atomic E-state index is -4.13. The predicted molar refractivity (Wildman–Crippen MR) is 121 cm³/mol. The Kier molecular flexibility index (Phi) is 5.75. The van der Waals surface area contributed by atoms with E-state index in [1.807, 2.05) is 18.2 Å². The molecule has 1 amide bonds. The van der Waals surface area contributed by atoms with Crippen molar-refractivity contribution in [2.24, 2.45) is 0 Å². The zero-order chi connectivity index (χ0) is 22.9. The van der Waals surface area contributed by atoms with Gasteiger partial charge in [0.15, 0.2) is 0 Å². The summed E-state index contributed by atoms with van der Waals surface area (Å²) in [7, 11) is -2.67. The van der Waals surface area contributed by atoms with Crippen molar-refractivity contribution in [1.82, 2.24) is 4.90 Å². The molecule has 0 aliphatic carbocycles. The zero-order valence-electron chi connectivity index (χ0n) is 17.3. The fraction of sp³-hybridized carbons (Fsp3) is 0.174. The van der Waals surface area contributed by atoms with Gasteiger partial charge in [0.25, 0.3) is 0 Å². The van der Waals surface area contributed by atoms with Crippen LogP contribution in [0.2, 0.25) is 0 Å². The van der Waals surface area contributed by atoms with Crippen LogP contribution in [0.1, 0.15) is 18.0 Å². The van der Waals surface area contributed by atoms with Crippen LogP contribution >= 0.6 is 0 Å². The molecule has 0 saturated carbocycles. The highest BCUT2D eigenvalue weighted by Crippen LogP contribution is 2.46. The third kappa shape index (κ3) is 3.75. The van der Waals surface area contributed by atoms with E-state index in [0.717, 1.165) is 9.87 Å². The van der Waals surface area contributed by atoms with Crippen LogP contribution < -0.4 is 8.61 Å². The molecule has 1 aliphatic heterocycles. The second kappa shape index (κ2) is 8.51. The Morgan fingerprint density at radius 1 is 0.938 bits per heavy atom. The third-order valence-corrected chi connectivity index (χ3v) is 7.30. The van der Waals surface area contributed by atoms with E-state index in [-0.39, 0.29) is 18.7 Å². The van der Waals surface area contributed by atoms with Crippen LogP contribution in [0.25, 0.3) is 0 Å². The van der Waals surface area contributed by atoms with Crippen molar-refractivity contribution in [3.05, 3.63) is 90.2 Å². The maximum absolute atomic E-state index is 14.5. The summed E-state index contributed by atoms with van der Waals surface area (Å²) in [6.45, 7) is 0.0154. The zero-order valence-corrected chi connectivity index (χ0v) is 18.1. The van der Waals surface area contributed by atoms with Crippen LogP contribution in [-0.4, -0.2) is 38.1 Å². The number of nitrogens with zero attached hydrogens (tertiary/aromatic N) is 3. The van der Waals surface area contributed by atoms with Gasteiger partial charge in [-0.05, 0) is 36.2 Å². The topological polar surface area (TPSA) is 81.2 Å². The summed E-state index contributed by atoms with van der Waals surface area (Å²) in [5.74, 6) is -0.652. The molecule has 1 N–H and O–H groups in total. The quantitative estimate of drug-likeness (QED) is 0.581. The number of amides is 1. The number of hydrogen-bond acceptors (Lipinski definition) is 3. The normalized spacial score (nSPS) is 15.3. The smallest absolute Gasteiger partial charge is 0.407 e. The average Bonchev–Trinajstić information content (AvgIpc) is 3.01. The Bertz CT molecular complexity index is 1240. The highest BCUT2D eigenvalue weighted by atomic mass is 32.2. The molecule has 3 aromatic rings. The van der Waals surface area contributed by atoms with Crippen molar-refractivity contribution < 1.29 is 22.7 Å². The summed E-state index contributed by atoms with van der Waals surface area (Å²) in [6, 6.07) is 20.9. The average molecular weight is 456 g/mol. The summed E-state index contributed by atoms with van der Waals surface area (Å²) < 4.78 is 43.8. The summed E-state index contributed by atoms with van der Waals surface area (Å²) in [4.78, 5) is 12.8. The lowest BCUT2D eigenvalue weighted by Crippen LogP contribution is -2.38. The molecule has 32 heavy (non-hydrogen) atoms. The van der Waals surface area contributed by atoms with Crippen molar-refractivity contribution in [3.8, 4) is 0 Å². The van der Waals surface area contributed by atoms with Gasteiger partial charge in [-0.3, -0.25) is 4.31 Å². The molecule has 166 valence electrons.